The summed E-state index contributed by atoms with van der Waals surface area (Å²) in [6, 6.07) is 23.2. The van der Waals surface area contributed by atoms with Crippen LogP contribution in [0, 0.1) is 0 Å². The van der Waals surface area contributed by atoms with Gasteiger partial charge < -0.3 is 9.15 Å². The molecule has 2 heterocycles. The van der Waals surface area contributed by atoms with Gasteiger partial charge in [-0.1, -0.05) is 54.1 Å². The van der Waals surface area contributed by atoms with E-state index >= 15 is 0 Å². The molecule has 1 N–H and O–H groups in total. The lowest BCUT2D eigenvalue weighted by Crippen LogP contribution is -2.46. The Kier molecular flexibility index (Phi) is 6.48. The molecule has 0 aliphatic carbocycles. The molecule has 176 valence electrons. The molecule has 3 aromatic carbocycles. The summed E-state index contributed by atoms with van der Waals surface area (Å²) < 4.78 is 11.0. The maximum atomic E-state index is 12.6. The van der Waals surface area contributed by atoms with Crippen LogP contribution in [-0.2, 0) is 9.59 Å². The van der Waals surface area contributed by atoms with Crippen LogP contribution in [0.1, 0.15) is 10.9 Å². The van der Waals surface area contributed by atoms with Crippen molar-refractivity contribution >= 4 is 46.1 Å². The number of fused-ring (bicyclic) bond motifs is 1. The van der Waals surface area contributed by atoms with Crippen LogP contribution in [0.5, 0.6) is 5.75 Å². The number of nitrogens with zero attached hydrogens (tertiary/aromatic N) is 1. The van der Waals surface area contributed by atoms with Crippen molar-refractivity contribution in [2.24, 2.45) is 0 Å². The second kappa shape index (κ2) is 9.85. The number of hydrogen-bond acceptors (Lipinski definition) is 6. The van der Waals surface area contributed by atoms with Crippen molar-refractivity contribution in [3.8, 4) is 16.9 Å². The van der Waals surface area contributed by atoms with E-state index in [1.165, 1.54) is 22.8 Å². The number of carbonyl (C=O) groups is 2. The molecule has 0 bridgehead atoms. The first-order chi connectivity index (χ1) is 17.0. The molecule has 4 aromatic rings. The zero-order chi connectivity index (χ0) is 24.4. The second-order valence-corrected chi connectivity index (χ2v) is 9.31. The minimum atomic E-state index is -0.487. The van der Waals surface area contributed by atoms with Gasteiger partial charge in [0.25, 0.3) is 11.8 Å². The number of benzene rings is 3. The molecule has 1 aliphatic rings. The van der Waals surface area contributed by atoms with Gasteiger partial charge in [-0.15, -0.1) is 11.8 Å². The SMILES string of the molecule is O=C(COc1ccc2c(-c3ccccc3)cc(=O)oc2c1)NN1C(=O)CSC1c1ccc(Cl)cc1. The van der Waals surface area contributed by atoms with Crippen LogP contribution in [0.15, 0.2) is 88.1 Å². The Bertz CT molecular complexity index is 1460. The second-order valence-electron chi connectivity index (χ2n) is 7.81. The number of rotatable bonds is 6. The molecular weight excluding hydrogens is 488 g/mol. The van der Waals surface area contributed by atoms with Crippen molar-refractivity contribution in [1.82, 2.24) is 10.4 Å². The minimum Gasteiger partial charge on any atom is -0.484 e. The Morgan fingerprint density at radius 1 is 1.06 bits per heavy atom. The smallest absolute Gasteiger partial charge is 0.336 e. The molecule has 1 unspecified atom stereocenters. The third-order valence-corrected chi connectivity index (χ3v) is 6.90. The lowest BCUT2D eigenvalue weighted by Gasteiger charge is -2.24. The van der Waals surface area contributed by atoms with E-state index in [0.717, 1.165) is 22.1 Å². The molecule has 35 heavy (non-hydrogen) atoms. The molecule has 7 nitrogen and oxygen atoms in total. The van der Waals surface area contributed by atoms with E-state index in [2.05, 4.69) is 5.43 Å². The molecule has 2 amide bonds. The third kappa shape index (κ3) is 5.03. The first kappa shape index (κ1) is 23.0. The Hall–Kier alpha value is -3.75. The van der Waals surface area contributed by atoms with Crippen molar-refractivity contribution in [1.29, 1.82) is 0 Å². The molecule has 0 radical (unpaired) electrons. The fourth-order valence-corrected chi connectivity index (χ4v) is 5.06. The highest BCUT2D eigenvalue weighted by Crippen LogP contribution is 2.37. The highest BCUT2D eigenvalue weighted by atomic mass is 35.5. The average Bonchev–Trinajstić information content (AvgIpc) is 3.22. The molecule has 0 spiro atoms. The predicted molar refractivity (Wildman–Crippen MR) is 135 cm³/mol. The van der Waals surface area contributed by atoms with E-state index in [1.54, 1.807) is 30.3 Å². The number of nitrogens with one attached hydrogen (secondary N) is 1. The van der Waals surface area contributed by atoms with Crippen LogP contribution in [-0.4, -0.2) is 29.2 Å². The van der Waals surface area contributed by atoms with E-state index in [1.807, 2.05) is 42.5 Å². The maximum Gasteiger partial charge on any atom is 0.336 e. The third-order valence-electron chi connectivity index (χ3n) is 5.44. The number of hydrazine groups is 1. The molecule has 0 saturated carbocycles. The van der Waals surface area contributed by atoms with Crippen molar-refractivity contribution in [2.75, 3.05) is 12.4 Å². The zero-order valence-electron chi connectivity index (χ0n) is 18.3. The summed E-state index contributed by atoms with van der Waals surface area (Å²) in [5, 5.41) is 2.30. The van der Waals surface area contributed by atoms with Gasteiger partial charge in [0.05, 0.1) is 5.75 Å². The van der Waals surface area contributed by atoms with Gasteiger partial charge >= 0.3 is 5.63 Å². The summed E-state index contributed by atoms with van der Waals surface area (Å²) in [5.41, 5.74) is 4.99. The van der Waals surface area contributed by atoms with Crippen LogP contribution >= 0.6 is 23.4 Å². The summed E-state index contributed by atoms with van der Waals surface area (Å²) in [6.45, 7) is -0.324. The fourth-order valence-electron chi connectivity index (χ4n) is 3.82. The molecule has 1 aliphatic heterocycles. The first-order valence-corrected chi connectivity index (χ1v) is 12.2. The van der Waals surface area contributed by atoms with Crippen LogP contribution in [0.25, 0.3) is 22.1 Å². The number of amides is 2. The van der Waals surface area contributed by atoms with E-state index < -0.39 is 11.5 Å². The Balaban J connectivity index is 1.29. The number of hydrogen-bond donors (Lipinski definition) is 1. The quantitative estimate of drug-likeness (QED) is 0.378. The lowest BCUT2D eigenvalue weighted by atomic mass is 10.0. The molecule has 1 fully saturated rings. The molecule has 9 heteroatoms. The number of thioether (sulfide) groups is 1. The van der Waals surface area contributed by atoms with E-state index in [4.69, 9.17) is 20.8 Å². The van der Waals surface area contributed by atoms with E-state index in [9.17, 15) is 14.4 Å². The maximum absolute atomic E-state index is 12.6. The summed E-state index contributed by atoms with van der Waals surface area (Å²) in [4.78, 5) is 37.0. The Morgan fingerprint density at radius 2 is 1.83 bits per heavy atom. The standard InChI is InChI=1S/C26H19ClN2O5S/c27-18-8-6-17(7-9-18)26-29(24(31)15-35-26)28-23(30)14-33-19-10-11-20-21(16-4-2-1-3-5-16)13-25(32)34-22(20)12-19/h1-13,26H,14-15H2,(H,28,30). The van der Waals surface area contributed by atoms with Gasteiger partial charge in [0, 0.05) is 22.5 Å². The topological polar surface area (TPSA) is 88.8 Å². The summed E-state index contributed by atoms with van der Waals surface area (Å²) in [5.74, 6) is -0.0805. The van der Waals surface area contributed by atoms with Crippen molar-refractivity contribution in [2.45, 2.75) is 5.37 Å². The molecule has 1 aromatic heterocycles. The fraction of sp³-hybridized carbons (Fsp3) is 0.115. The summed E-state index contributed by atoms with van der Waals surface area (Å²) >= 11 is 7.37. The number of carbonyl (C=O) groups excluding carboxylic acids is 2. The lowest BCUT2D eigenvalue weighted by molar-refractivity contribution is -0.140. The van der Waals surface area contributed by atoms with Crippen LogP contribution in [0.3, 0.4) is 0 Å². The van der Waals surface area contributed by atoms with Crippen LogP contribution < -0.4 is 15.8 Å². The Morgan fingerprint density at radius 3 is 2.60 bits per heavy atom. The largest absolute Gasteiger partial charge is 0.484 e. The van der Waals surface area contributed by atoms with Crippen LogP contribution in [0.4, 0.5) is 0 Å². The van der Waals surface area contributed by atoms with Gasteiger partial charge in [0.2, 0.25) is 0 Å². The summed E-state index contributed by atoms with van der Waals surface area (Å²) in [6.07, 6.45) is 0. The monoisotopic (exact) mass is 506 g/mol. The molecular formula is C26H19ClN2O5S. The van der Waals surface area contributed by atoms with Gasteiger partial charge in [-0.3, -0.25) is 15.0 Å². The van der Waals surface area contributed by atoms with Crippen LogP contribution in [0.2, 0.25) is 5.02 Å². The van der Waals surface area contributed by atoms with Crippen molar-refractivity contribution < 1.29 is 18.7 Å². The highest BCUT2D eigenvalue weighted by molar-refractivity contribution is 8.00. The van der Waals surface area contributed by atoms with Crippen molar-refractivity contribution in [3.63, 3.8) is 0 Å². The van der Waals surface area contributed by atoms with E-state index in [-0.39, 0.29) is 23.6 Å². The van der Waals surface area contributed by atoms with Gasteiger partial charge in [-0.25, -0.2) is 9.80 Å². The Labute approximate surface area is 209 Å². The molecule has 5 rings (SSSR count). The molecule has 1 atom stereocenters. The van der Waals surface area contributed by atoms with E-state index in [0.29, 0.717) is 16.4 Å². The number of halogens is 1. The average molecular weight is 507 g/mol. The van der Waals surface area contributed by atoms with Gasteiger partial charge in [0.1, 0.15) is 16.7 Å². The summed E-state index contributed by atoms with van der Waals surface area (Å²) in [7, 11) is 0. The number of ether oxygens (including phenoxy) is 1. The first-order valence-electron chi connectivity index (χ1n) is 10.7. The minimum absolute atomic E-state index is 0.204. The zero-order valence-corrected chi connectivity index (χ0v) is 19.8. The van der Waals surface area contributed by atoms with Gasteiger partial charge in [0.15, 0.2) is 6.61 Å². The van der Waals surface area contributed by atoms with Gasteiger partial charge in [-0.05, 0) is 41.0 Å². The van der Waals surface area contributed by atoms with Gasteiger partial charge in [-0.2, -0.15) is 0 Å². The normalized spacial score (nSPS) is 15.4. The highest BCUT2D eigenvalue weighted by Gasteiger charge is 2.34. The predicted octanol–water partition coefficient (Wildman–Crippen LogP) is 4.80. The van der Waals surface area contributed by atoms with Crippen molar-refractivity contribution in [3.05, 3.63) is 99.9 Å². The molecule has 1 saturated heterocycles.